The van der Waals surface area contributed by atoms with Gasteiger partial charge in [-0.05, 0) is 39.0 Å². The molecule has 0 radical (unpaired) electrons. The lowest BCUT2D eigenvalue weighted by molar-refractivity contribution is 0.758. The van der Waals surface area contributed by atoms with Gasteiger partial charge in [0.05, 0.1) is 24.1 Å². The minimum Gasteiger partial charge on any atom is -0.359 e. The van der Waals surface area contributed by atoms with Crippen LogP contribution in [0.15, 0.2) is 42.9 Å². The molecule has 0 fully saturated rings. The molecule has 4 rings (SSSR count). The van der Waals surface area contributed by atoms with E-state index in [2.05, 4.69) is 30.6 Å². The summed E-state index contributed by atoms with van der Waals surface area (Å²) in [4.78, 5) is 8.90. The summed E-state index contributed by atoms with van der Waals surface area (Å²) in [5.74, 6) is 2.15. The molecule has 0 aromatic carbocycles. The Morgan fingerprint density at radius 3 is 2.80 bits per heavy atom. The van der Waals surface area contributed by atoms with E-state index in [0.717, 1.165) is 22.9 Å². The van der Waals surface area contributed by atoms with E-state index in [1.54, 1.807) is 17.1 Å². The highest BCUT2D eigenvalue weighted by molar-refractivity contribution is 5.41. The molecule has 1 N–H and O–H groups in total. The monoisotopic (exact) mass is 334 g/mol. The van der Waals surface area contributed by atoms with Crippen LogP contribution in [-0.2, 0) is 0 Å². The van der Waals surface area contributed by atoms with Crippen LogP contribution in [0, 0.1) is 13.8 Å². The third-order valence-electron chi connectivity index (χ3n) is 3.94. The average Bonchev–Trinajstić information content (AvgIpc) is 3.18. The van der Waals surface area contributed by atoms with Crippen molar-refractivity contribution in [1.82, 2.24) is 34.3 Å². The highest BCUT2D eigenvalue weighted by Gasteiger charge is 2.14. The van der Waals surface area contributed by atoms with Crippen LogP contribution < -0.4 is 5.32 Å². The third kappa shape index (κ3) is 2.82. The van der Waals surface area contributed by atoms with Crippen LogP contribution in [-0.4, -0.2) is 34.3 Å². The molecule has 25 heavy (non-hydrogen) atoms. The Morgan fingerprint density at radius 2 is 2.00 bits per heavy atom. The number of aryl methyl sites for hydroxylation is 2. The summed E-state index contributed by atoms with van der Waals surface area (Å²) in [6, 6.07) is 7.74. The SMILES string of the molecule is Cc1cc(C)n(-c2cncc(NC(C)c3nnc4ccccn34)n2)n1. The van der Waals surface area contributed by atoms with Crippen LogP contribution in [0.4, 0.5) is 5.82 Å². The highest BCUT2D eigenvalue weighted by atomic mass is 15.3. The van der Waals surface area contributed by atoms with Crippen molar-refractivity contribution in [1.29, 1.82) is 0 Å². The average molecular weight is 334 g/mol. The Kier molecular flexibility index (Phi) is 3.64. The molecule has 0 aliphatic heterocycles. The van der Waals surface area contributed by atoms with Gasteiger partial charge in [-0.2, -0.15) is 5.10 Å². The molecule has 1 atom stereocenters. The second-order valence-electron chi connectivity index (χ2n) is 5.95. The van der Waals surface area contributed by atoms with Gasteiger partial charge in [0.1, 0.15) is 5.82 Å². The molecule has 1 unspecified atom stereocenters. The van der Waals surface area contributed by atoms with Crippen LogP contribution in [0.2, 0.25) is 0 Å². The van der Waals surface area contributed by atoms with Crippen molar-refractivity contribution in [2.24, 2.45) is 0 Å². The summed E-state index contributed by atoms with van der Waals surface area (Å²) in [6.45, 7) is 5.96. The molecule has 0 bridgehead atoms. The standard InChI is InChI=1S/C17H18N8/c1-11-8-12(2)25(23-11)16-10-18-9-14(20-16)19-13(3)17-22-21-15-6-4-5-7-24(15)17/h4-10,13H,1-3H3,(H,19,20). The Balaban J connectivity index is 1.62. The Hall–Kier alpha value is -3.29. The zero-order valence-electron chi connectivity index (χ0n) is 14.2. The molecule has 8 nitrogen and oxygen atoms in total. The predicted molar refractivity (Wildman–Crippen MR) is 93.7 cm³/mol. The Morgan fingerprint density at radius 1 is 1.12 bits per heavy atom. The van der Waals surface area contributed by atoms with Gasteiger partial charge in [0.15, 0.2) is 17.3 Å². The third-order valence-corrected chi connectivity index (χ3v) is 3.94. The van der Waals surface area contributed by atoms with Crippen molar-refractivity contribution in [2.45, 2.75) is 26.8 Å². The molecule has 0 saturated carbocycles. The van der Waals surface area contributed by atoms with Crippen molar-refractivity contribution in [2.75, 3.05) is 5.32 Å². The number of hydrogen-bond acceptors (Lipinski definition) is 6. The maximum atomic E-state index is 4.62. The largest absolute Gasteiger partial charge is 0.359 e. The quantitative estimate of drug-likeness (QED) is 0.617. The van der Waals surface area contributed by atoms with E-state index in [4.69, 9.17) is 0 Å². The van der Waals surface area contributed by atoms with Gasteiger partial charge in [-0.1, -0.05) is 6.07 Å². The number of nitrogens with one attached hydrogen (secondary N) is 1. The van der Waals surface area contributed by atoms with E-state index in [9.17, 15) is 0 Å². The molecular formula is C17H18N8. The molecular weight excluding hydrogens is 316 g/mol. The number of anilines is 1. The van der Waals surface area contributed by atoms with E-state index in [0.29, 0.717) is 11.6 Å². The predicted octanol–water partition coefficient (Wildman–Crippen LogP) is 2.49. The first-order valence-electron chi connectivity index (χ1n) is 8.04. The number of pyridine rings is 1. The van der Waals surface area contributed by atoms with Crippen molar-refractivity contribution < 1.29 is 0 Å². The van der Waals surface area contributed by atoms with E-state index in [1.807, 2.05) is 55.6 Å². The molecule has 8 heteroatoms. The lowest BCUT2D eigenvalue weighted by atomic mass is 10.3. The zero-order chi connectivity index (χ0) is 17.4. The molecule has 0 aliphatic carbocycles. The highest BCUT2D eigenvalue weighted by Crippen LogP contribution is 2.18. The fourth-order valence-corrected chi connectivity index (χ4v) is 2.83. The number of nitrogens with zero attached hydrogens (tertiary/aromatic N) is 7. The molecule has 0 spiro atoms. The van der Waals surface area contributed by atoms with Crippen LogP contribution >= 0.6 is 0 Å². The van der Waals surface area contributed by atoms with Crippen molar-refractivity contribution >= 4 is 11.5 Å². The summed E-state index contributed by atoms with van der Waals surface area (Å²) in [5.41, 5.74) is 2.77. The molecule has 0 saturated heterocycles. The lowest BCUT2D eigenvalue weighted by Gasteiger charge is -2.13. The van der Waals surface area contributed by atoms with E-state index >= 15 is 0 Å². The molecule has 4 aromatic heterocycles. The van der Waals surface area contributed by atoms with Crippen molar-refractivity contribution in [3.05, 3.63) is 60.1 Å². The first kappa shape index (κ1) is 15.3. The van der Waals surface area contributed by atoms with Gasteiger partial charge < -0.3 is 5.32 Å². The summed E-state index contributed by atoms with van der Waals surface area (Å²) in [5, 5.41) is 16.2. The van der Waals surface area contributed by atoms with Gasteiger partial charge >= 0.3 is 0 Å². The Labute approximate surface area is 144 Å². The summed E-state index contributed by atoms with van der Waals surface area (Å²) >= 11 is 0. The number of aromatic nitrogens is 7. The first-order chi connectivity index (χ1) is 12.1. The van der Waals surface area contributed by atoms with Crippen molar-refractivity contribution in [3.8, 4) is 5.82 Å². The van der Waals surface area contributed by atoms with Gasteiger partial charge in [-0.15, -0.1) is 10.2 Å². The number of hydrogen-bond donors (Lipinski definition) is 1. The molecule has 126 valence electrons. The Bertz CT molecular complexity index is 1030. The second-order valence-corrected chi connectivity index (χ2v) is 5.95. The molecule has 4 aromatic rings. The van der Waals surface area contributed by atoms with E-state index < -0.39 is 0 Å². The van der Waals surface area contributed by atoms with Gasteiger partial charge in [0.2, 0.25) is 0 Å². The minimum atomic E-state index is -0.0811. The smallest absolute Gasteiger partial charge is 0.174 e. The topological polar surface area (TPSA) is 85.8 Å². The summed E-state index contributed by atoms with van der Waals surface area (Å²) < 4.78 is 3.74. The van der Waals surface area contributed by atoms with Crippen LogP contribution in [0.3, 0.4) is 0 Å². The zero-order valence-corrected chi connectivity index (χ0v) is 14.2. The second kappa shape index (κ2) is 5.97. The number of rotatable bonds is 4. The molecule has 4 heterocycles. The van der Waals surface area contributed by atoms with Gasteiger partial charge in [-0.3, -0.25) is 9.38 Å². The molecule has 0 aliphatic rings. The maximum Gasteiger partial charge on any atom is 0.174 e. The van der Waals surface area contributed by atoms with Crippen LogP contribution in [0.5, 0.6) is 0 Å². The normalized spacial score (nSPS) is 12.4. The van der Waals surface area contributed by atoms with Gasteiger partial charge in [0, 0.05) is 11.9 Å². The van der Waals surface area contributed by atoms with Crippen LogP contribution in [0.25, 0.3) is 11.5 Å². The lowest BCUT2D eigenvalue weighted by Crippen LogP contribution is -2.13. The van der Waals surface area contributed by atoms with Gasteiger partial charge in [0.25, 0.3) is 0 Å². The number of fused-ring (bicyclic) bond motifs is 1. The maximum absolute atomic E-state index is 4.62. The summed E-state index contributed by atoms with van der Waals surface area (Å²) in [6.07, 6.45) is 5.33. The first-order valence-corrected chi connectivity index (χ1v) is 8.04. The minimum absolute atomic E-state index is 0.0811. The fourth-order valence-electron chi connectivity index (χ4n) is 2.83. The van der Waals surface area contributed by atoms with E-state index in [1.165, 1.54) is 0 Å². The molecule has 0 amide bonds. The van der Waals surface area contributed by atoms with Crippen LogP contribution in [0.1, 0.15) is 30.2 Å². The van der Waals surface area contributed by atoms with E-state index in [-0.39, 0.29) is 6.04 Å². The fraction of sp³-hybridized carbons (Fsp3) is 0.235. The summed E-state index contributed by atoms with van der Waals surface area (Å²) in [7, 11) is 0. The van der Waals surface area contributed by atoms with Gasteiger partial charge in [-0.25, -0.2) is 9.67 Å². The van der Waals surface area contributed by atoms with Crippen molar-refractivity contribution in [3.63, 3.8) is 0 Å².